The van der Waals surface area contributed by atoms with Crippen molar-refractivity contribution < 1.29 is 19.3 Å². The quantitative estimate of drug-likeness (QED) is 0.382. The van der Waals surface area contributed by atoms with Crippen molar-refractivity contribution in [1.82, 2.24) is 4.98 Å². The molecule has 0 aliphatic heterocycles. The topological polar surface area (TPSA) is 85.2 Å². The summed E-state index contributed by atoms with van der Waals surface area (Å²) in [6.45, 7) is 2.24. The third-order valence-electron chi connectivity index (χ3n) is 3.91. The van der Waals surface area contributed by atoms with Gasteiger partial charge in [0.05, 0.1) is 37.8 Å². The first-order valence-electron chi connectivity index (χ1n) is 8.68. The molecule has 1 heterocycles. The number of ether oxygens (including phenoxy) is 3. The van der Waals surface area contributed by atoms with Crippen molar-refractivity contribution in [2.45, 2.75) is 6.92 Å². The summed E-state index contributed by atoms with van der Waals surface area (Å²) in [6, 6.07) is 8.88. The molecule has 9 heteroatoms. The maximum Gasteiger partial charge on any atom is 0.203 e. The molecular weight excluding hydrogens is 414 g/mol. The molecule has 152 valence electrons. The van der Waals surface area contributed by atoms with Crippen LogP contribution in [0.3, 0.4) is 0 Å². The lowest BCUT2D eigenvalue weighted by molar-refractivity contribution is 0.318. The molecule has 0 saturated carbocycles. The molecule has 0 aliphatic carbocycles. The van der Waals surface area contributed by atoms with E-state index in [0.29, 0.717) is 34.6 Å². The molecule has 0 fully saturated rings. The van der Waals surface area contributed by atoms with Gasteiger partial charge in [-0.3, -0.25) is 5.43 Å². The smallest absolute Gasteiger partial charge is 0.203 e. The summed E-state index contributed by atoms with van der Waals surface area (Å²) in [5, 5.41) is 16.8. The fourth-order valence-electron chi connectivity index (χ4n) is 2.55. The lowest BCUT2D eigenvalue weighted by Gasteiger charge is -2.08. The van der Waals surface area contributed by atoms with Gasteiger partial charge in [0.1, 0.15) is 0 Å². The van der Waals surface area contributed by atoms with Crippen LogP contribution in [0.15, 0.2) is 40.8 Å². The van der Waals surface area contributed by atoms with Crippen LogP contribution < -0.4 is 19.6 Å². The van der Waals surface area contributed by atoms with Crippen LogP contribution in [-0.2, 0) is 0 Å². The Kier molecular flexibility index (Phi) is 6.79. The predicted octanol–water partition coefficient (Wildman–Crippen LogP) is 5.03. The van der Waals surface area contributed by atoms with E-state index < -0.39 is 0 Å². The Bertz CT molecular complexity index is 1020. The highest BCUT2D eigenvalue weighted by Crippen LogP contribution is 2.35. The number of hydrazone groups is 1. The zero-order chi connectivity index (χ0) is 20.8. The number of phenols is 1. The Labute approximate surface area is 177 Å². The van der Waals surface area contributed by atoms with E-state index in [1.165, 1.54) is 11.3 Å². The number of aromatic nitrogens is 1. The zero-order valence-corrected chi connectivity index (χ0v) is 17.7. The first kappa shape index (κ1) is 20.8. The highest BCUT2D eigenvalue weighted by atomic mass is 35.5. The summed E-state index contributed by atoms with van der Waals surface area (Å²) in [5.41, 5.74) is 5.27. The van der Waals surface area contributed by atoms with E-state index >= 15 is 0 Å². The third-order valence-corrected chi connectivity index (χ3v) is 4.94. The minimum absolute atomic E-state index is 0.0851. The summed E-state index contributed by atoms with van der Waals surface area (Å²) < 4.78 is 16.0. The Morgan fingerprint density at radius 2 is 1.97 bits per heavy atom. The summed E-state index contributed by atoms with van der Waals surface area (Å²) in [7, 11) is 3.19. The summed E-state index contributed by atoms with van der Waals surface area (Å²) in [4.78, 5) is 4.53. The minimum atomic E-state index is -0.0851. The molecule has 3 rings (SSSR count). The van der Waals surface area contributed by atoms with Gasteiger partial charge in [-0.2, -0.15) is 5.10 Å². The summed E-state index contributed by atoms with van der Waals surface area (Å²) in [6.07, 6.45) is 1.57. The van der Waals surface area contributed by atoms with Gasteiger partial charge in [0.15, 0.2) is 23.0 Å². The molecule has 1 aromatic heterocycles. The molecule has 0 unspecified atom stereocenters. The number of methoxy groups -OCH3 is 2. The molecule has 2 aromatic carbocycles. The van der Waals surface area contributed by atoms with Gasteiger partial charge in [-0.15, -0.1) is 11.3 Å². The van der Waals surface area contributed by atoms with Crippen molar-refractivity contribution in [3.05, 3.63) is 46.3 Å². The van der Waals surface area contributed by atoms with Crippen LogP contribution in [-0.4, -0.2) is 37.1 Å². The SMILES string of the molecule is CCOc1cc(/C=N\Nc2nc(-c3ccc(OC)c(OC)c3)cs2)cc(Cl)c1O. The number of hydrogen-bond acceptors (Lipinski definition) is 8. The van der Waals surface area contributed by atoms with E-state index in [0.717, 1.165) is 11.3 Å². The first-order chi connectivity index (χ1) is 14.0. The van der Waals surface area contributed by atoms with Gasteiger partial charge in [0.25, 0.3) is 0 Å². The maximum atomic E-state index is 9.90. The van der Waals surface area contributed by atoms with Crippen molar-refractivity contribution in [2.24, 2.45) is 5.10 Å². The largest absolute Gasteiger partial charge is 0.503 e. The Hall–Kier alpha value is -2.97. The minimum Gasteiger partial charge on any atom is -0.503 e. The first-order valence-corrected chi connectivity index (χ1v) is 9.93. The number of halogens is 1. The molecule has 0 saturated heterocycles. The molecule has 2 N–H and O–H groups in total. The van der Waals surface area contributed by atoms with Crippen LogP contribution in [0.25, 0.3) is 11.3 Å². The fraction of sp³-hybridized carbons (Fsp3) is 0.200. The van der Waals surface area contributed by atoms with Gasteiger partial charge >= 0.3 is 0 Å². The Morgan fingerprint density at radius 3 is 2.69 bits per heavy atom. The molecular formula is C20H20ClN3O4S. The monoisotopic (exact) mass is 433 g/mol. The van der Waals surface area contributed by atoms with E-state index in [4.69, 9.17) is 25.8 Å². The molecule has 0 aliphatic rings. The van der Waals surface area contributed by atoms with E-state index in [1.807, 2.05) is 30.5 Å². The Morgan fingerprint density at radius 1 is 1.17 bits per heavy atom. The standard InChI is InChI=1S/C20H20ClN3O4S/c1-4-28-18-8-12(7-14(21)19(18)25)10-22-24-20-23-15(11-29-20)13-5-6-16(26-2)17(9-13)27-3/h5-11,25H,4H2,1-3H3,(H,23,24)/b22-10-. The molecule has 29 heavy (non-hydrogen) atoms. The Balaban J connectivity index is 1.73. The second-order valence-electron chi connectivity index (χ2n) is 5.76. The van der Waals surface area contributed by atoms with Gasteiger partial charge in [0, 0.05) is 10.9 Å². The third kappa shape index (κ3) is 4.90. The second kappa shape index (κ2) is 9.49. The maximum absolute atomic E-state index is 9.90. The lowest BCUT2D eigenvalue weighted by Crippen LogP contribution is -1.95. The molecule has 3 aromatic rings. The molecule has 0 atom stereocenters. The molecule has 0 bridgehead atoms. The highest BCUT2D eigenvalue weighted by Gasteiger charge is 2.10. The van der Waals surface area contributed by atoms with Crippen molar-refractivity contribution >= 4 is 34.3 Å². The normalized spacial score (nSPS) is 10.9. The molecule has 0 radical (unpaired) electrons. The number of hydrogen-bond donors (Lipinski definition) is 2. The molecule has 0 spiro atoms. The number of nitrogens with zero attached hydrogens (tertiary/aromatic N) is 2. The van der Waals surface area contributed by atoms with E-state index in [1.54, 1.807) is 32.6 Å². The summed E-state index contributed by atoms with van der Waals surface area (Å²) in [5.74, 6) is 1.53. The van der Waals surface area contributed by atoms with E-state index in [2.05, 4.69) is 15.5 Å². The van der Waals surface area contributed by atoms with Crippen molar-refractivity contribution in [2.75, 3.05) is 26.3 Å². The van der Waals surface area contributed by atoms with Crippen LogP contribution in [0, 0.1) is 0 Å². The summed E-state index contributed by atoms with van der Waals surface area (Å²) >= 11 is 7.45. The second-order valence-corrected chi connectivity index (χ2v) is 7.03. The average molecular weight is 434 g/mol. The van der Waals surface area contributed by atoms with Gasteiger partial charge in [-0.25, -0.2) is 4.98 Å². The number of nitrogens with one attached hydrogen (secondary N) is 1. The number of thiazole rings is 1. The van der Waals surface area contributed by atoms with E-state index in [9.17, 15) is 5.11 Å². The van der Waals surface area contributed by atoms with Crippen LogP contribution in [0.2, 0.25) is 5.02 Å². The average Bonchev–Trinajstić information content (AvgIpc) is 3.20. The van der Waals surface area contributed by atoms with Crippen molar-refractivity contribution in [3.63, 3.8) is 0 Å². The van der Waals surface area contributed by atoms with Gasteiger partial charge < -0.3 is 19.3 Å². The highest BCUT2D eigenvalue weighted by molar-refractivity contribution is 7.14. The van der Waals surface area contributed by atoms with Crippen LogP contribution >= 0.6 is 22.9 Å². The number of aromatic hydroxyl groups is 1. The van der Waals surface area contributed by atoms with Crippen LogP contribution in [0.1, 0.15) is 12.5 Å². The lowest BCUT2D eigenvalue weighted by atomic mass is 10.1. The number of benzene rings is 2. The number of rotatable bonds is 8. The molecule has 7 nitrogen and oxygen atoms in total. The zero-order valence-electron chi connectivity index (χ0n) is 16.1. The predicted molar refractivity (Wildman–Crippen MR) is 116 cm³/mol. The number of anilines is 1. The van der Waals surface area contributed by atoms with Crippen molar-refractivity contribution in [3.8, 4) is 34.3 Å². The van der Waals surface area contributed by atoms with Crippen LogP contribution in [0.5, 0.6) is 23.0 Å². The van der Waals surface area contributed by atoms with Gasteiger partial charge in [-0.1, -0.05) is 11.6 Å². The van der Waals surface area contributed by atoms with Crippen LogP contribution in [0.4, 0.5) is 5.13 Å². The molecule has 0 amide bonds. The van der Waals surface area contributed by atoms with Gasteiger partial charge in [0.2, 0.25) is 5.13 Å². The van der Waals surface area contributed by atoms with Gasteiger partial charge in [-0.05, 0) is 42.8 Å². The fourth-order valence-corrected chi connectivity index (χ4v) is 3.44. The number of phenolic OH excluding ortho intramolecular Hbond substituents is 1. The van der Waals surface area contributed by atoms with E-state index in [-0.39, 0.29) is 10.8 Å². The van der Waals surface area contributed by atoms with Crippen molar-refractivity contribution in [1.29, 1.82) is 0 Å².